The Hall–Kier alpha value is -2.63. The number of nitrogens with zero attached hydrogens (tertiary/aromatic N) is 2. The highest BCUT2D eigenvalue weighted by Crippen LogP contribution is 2.65. The second kappa shape index (κ2) is 8.94. The summed E-state index contributed by atoms with van der Waals surface area (Å²) in [6.07, 6.45) is 2.07. The number of allylic oxidation sites excluding steroid dienone is 2. The summed E-state index contributed by atoms with van der Waals surface area (Å²) in [4.78, 5) is 53.0. The number of anilines is 1. The van der Waals surface area contributed by atoms with E-state index in [-0.39, 0.29) is 36.2 Å². The van der Waals surface area contributed by atoms with E-state index in [1.165, 1.54) is 19.1 Å². The molecule has 2 aliphatic carbocycles. The molecule has 4 aliphatic rings. The molecule has 2 heterocycles. The maximum atomic E-state index is 13.9. The van der Waals surface area contributed by atoms with Crippen LogP contribution in [-0.2, 0) is 19.2 Å². The molecule has 2 aromatic carbocycles. The number of amides is 4. The number of aromatic hydroxyl groups is 1. The summed E-state index contributed by atoms with van der Waals surface area (Å²) in [6, 6.07) is 12.0. The van der Waals surface area contributed by atoms with E-state index in [1.807, 2.05) is 28.7 Å². The molecule has 8 nitrogen and oxygen atoms in total. The zero-order valence-corrected chi connectivity index (χ0v) is 24.5. The van der Waals surface area contributed by atoms with Crippen LogP contribution in [0, 0.1) is 21.3 Å². The Labute approximate surface area is 248 Å². The number of benzene rings is 2. The van der Waals surface area contributed by atoms with E-state index in [0.29, 0.717) is 20.4 Å². The molecular formula is C28H23Cl2IN2O6. The normalized spacial score (nSPS) is 33.6. The van der Waals surface area contributed by atoms with Gasteiger partial charge >= 0.3 is 0 Å². The summed E-state index contributed by atoms with van der Waals surface area (Å²) in [5.74, 6) is -4.81. The van der Waals surface area contributed by atoms with Gasteiger partial charge < -0.3 is 9.84 Å². The number of para-hydroxylation sites is 1. The minimum absolute atomic E-state index is 0.0753. The first kappa shape index (κ1) is 26.6. The Morgan fingerprint density at radius 1 is 1.03 bits per heavy atom. The number of fused-ring (bicyclic) bond motifs is 4. The molecule has 11 heteroatoms. The molecule has 6 atom stereocenters. The van der Waals surface area contributed by atoms with Crippen molar-refractivity contribution >= 4 is 75.1 Å². The van der Waals surface area contributed by atoms with Gasteiger partial charge in [0.25, 0.3) is 11.8 Å². The minimum Gasteiger partial charge on any atom is -0.504 e. The van der Waals surface area contributed by atoms with E-state index in [4.69, 9.17) is 27.9 Å². The molecule has 0 aromatic heterocycles. The average Bonchev–Trinajstić information content (AvgIpc) is 3.25. The molecule has 1 saturated carbocycles. The van der Waals surface area contributed by atoms with Crippen molar-refractivity contribution < 1.29 is 29.0 Å². The van der Waals surface area contributed by atoms with Crippen LogP contribution in [0.1, 0.15) is 24.3 Å². The van der Waals surface area contributed by atoms with Crippen molar-refractivity contribution in [3.8, 4) is 11.5 Å². The molecule has 2 aromatic rings. The topological polar surface area (TPSA) is 104 Å². The predicted molar refractivity (Wildman–Crippen MR) is 152 cm³/mol. The fourth-order valence-electron chi connectivity index (χ4n) is 6.87. The number of likely N-dealkylation sites (tertiary alicyclic amines) is 1. The van der Waals surface area contributed by atoms with Gasteiger partial charge in [0.15, 0.2) is 21.2 Å². The van der Waals surface area contributed by atoms with E-state index in [1.54, 1.807) is 42.5 Å². The van der Waals surface area contributed by atoms with Crippen LogP contribution in [0.2, 0.25) is 0 Å². The van der Waals surface area contributed by atoms with Crippen molar-refractivity contribution in [2.45, 2.75) is 28.5 Å². The number of alkyl halides is 2. The fraction of sp³-hybridized carbons (Fsp3) is 0.357. The third-order valence-corrected chi connectivity index (χ3v) is 10.9. The zero-order valence-electron chi connectivity index (χ0n) is 20.9. The molecule has 0 bridgehead atoms. The predicted octanol–water partition coefficient (Wildman–Crippen LogP) is 4.20. The first-order valence-electron chi connectivity index (χ1n) is 12.4. The van der Waals surface area contributed by atoms with Crippen molar-refractivity contribution in [2.75, 3.05) is 19.1 Å². The maximum absolute atomic E-state index is 13.9. The maximum Gasteiger partial charge on any atom is 0.253 e. The number of halogens is 3. The number of phenolic OH excluding ortho intramolecular Hbond substituents is 1. The van der Waals surface area contributed by atoms with Gasteiger partial charge in [0.2, 0.25) is 11.8 Å². The number of carbonyl (C=O) groups is 4. The Morgan fingerprint density at radius 2 is 1.72 bits per heavy atom. The first-order valence-corrected chi connectivity index (χ1v) is 14.2. The molecule has 1 N–H and O–H groups in total. The van der Waals surface area contributed by atoms with Crippen LogP contribution in [0.15, 0.2) is 54.1 Å². The van der Waals surface area contributed by atoms with Crippen LogP contribution in [0.5, 0.6) is 11.5 Å². The van der Waals surface area contributed by atoms with Gasteiger partial charge in [-0.3, -0.25) is 29.0 Å². The lowest BCUT2D eigenvalue weighted by atomic mass is 9.56. The lowest BCUT2D eigenvalue weighted by molar-refractivity contribution is -0.138. The van der Waals surface area contributed by atoms with Gasteiger partial charge in [-0.1, -0.05) is 29.8 Å². The highest BCUT2D eigenvalue weighted by Gasteiger charge is 2.76. The van der Waals surface area contributed by atoms with Gasteiger partial charge in [-0.05, 0) is 71.2 Å². The molecule has 2 saturated heterocycles. The standard InChI is InChI=1S/C28H23Cl2IN2O6/c1-32-25(37)27(29)12-17-15(8-9-16-20(17)24(36)33(23(16)35)14-6-4-3-5-7-14)21(28(27,30)26(32)38)13-10-18(31)22(34)19(11-13)39-2/h3-8,10-11,16-17,20-21,34H,9,12H2,1-2H3/t16-,17+,20-,21-,27+,28-/m0/s1. The number of carbonyl (C=O) groups excluding carboxylic acids is 4. The summed E-state index contributed by atoms with van der Waals surface area (Å²) < 4.78 is 5.83. The Bertz CT molecular complexity index is 1500. The number of rotatable bonds is 3. The number of ether oxygens (including phenoxy) is 1. The Balaban J connectivity index is 1.55. The first-order chi connectivity index (χ1) is 18.5. The number of hydrogen-bond donors (Lipinski definition) is 1. The third kappa shape index (κ3) is 3.35. The van der Waals surface area contributed by atoms with Crippen LogP contribution in [0.3, 0.4) is 0 Å². The molecule has 2 aliphatic heterocycles. The number of phenols is 1. The second-order valence-corrected chi connectivity index (χ2v) is 12.8. The van der Waals surface area contributed by atoms with E-state index in [2.05, 4.69) is 0 Å². The van der Waals surface area contributed by atoms with Crippen molar-refractivity contribution in [1.29, 1.82) is 0 Å². The van der Waals surface area contributed by atoms with Gasteiger partial charge in [-0.15, -0.1) is 23.2 Å². The quantitative estimate of drug-likeness (QED) is 0.226. The molecular weight excluding hydrogens is 658 g/mol. The van der Waals surface area contributed by atoms with Crippen LogP contribution in [0.25, 0.3) is 0 Å². The number of methoxy groups -OCH3 is 1. The Morgan fingerprint density at radius 3 is 2.38 bits per heavy atom. The minimum atomic E-state index is -1.90. The largest absolute Gasteiger partial charge is 0.504 e. The molecule has 202 valence electrons. The van der Waals surface area contributed by atoms with Crippen LogP contribution < -0.4 is 9.64 Å². The number of hydrogen-bond acceptors (Lipinski definition) is 6. The molecule has 0 spiro atoms. The Kier molecular flexibility index (Phi) is 6.09. The van der Waals surface area contributed by atoms with Crippen molar-refractivity contribution in [1.82, 2.24) is 4.90 Å². The van der Waals surface area contributed by atoms with Crippen molar-refractivity contribution in [2.24, 2.45) is 17.8 Å². The summed E-state index contributed by atoms with van der Waals surface area (Å²) in [5, 5.41) is 10.5. The van der Waals surface area contributed by atoms with Crippen LogP contribution in [-0.4, -0.2) is 57.5 Å². The van der Waals surface area contributed by atoms with Gasteiger partial charge in [0, 0.05) is 13.0 Å². The molecule has 4 amide bonds. The van der Waals surface area contributed by atoms with Crippen molar-refractivity contribution in [3.05, 3.63) is 63.2 Å². The zero-order chi connectivity index (χ0) is 28.0. The molecule has 0 radical (unpaired) electrons. The highest BCUT2D eigenvalue weighted by molar-refractivity contribution is 14.1. The lowest BCUT2D eigenvalue weighted by Crippen LogP contribution is -2.60. The summed E-state index contributed by atoms with van der Waals surface area (Å²) >= 11 is 16.3. The lowest BCUT2D eigenvalue weighted by Gasteiger charge is -2.50. The van der Waals surface area contributed by atoms with Crippen molar-refractivity contribution in [3.63, 3.8) is 0 Å². The molecule has 6 rings (SSSR count). The van der Waals surface area contributed by atoms with Crippen LogP contribution >= 0.6 is 45.8 Å². The molecule has 0 unspecified atom stereocenters. The van der Waals surface area contributed by atoms with Gasteiger partial charge in [0.1, 0.15) is 0 Å². The van der Waals surface area contributed by atoms with Crippen LogP contribution in [0.4, 0.5) is 5.69 Å². The van der Waals surface area contributed by atoms with Gasteiger partial charge in [-0.25, -0.2) is 0 Å². The van der Waals surface area contributed by atoms with E-state index < -0.39 is 45.2 Å². The van der Waals surface area contributed by atoms with E-state index in [9.17, 15) is 24.3 Å². The second-order valence-electron chi connectivity index (χ2n) is 10.4. The SMILES string of the molecule is COc1cc([C@H]2C3=CC[C@@H]4C(=O)N(c5ccccc5)C(=O)[C@@H]4[C@@H]3C[C@@]3(Cl)C(=O)N(C)C(=O)[C@@]23Cl)cc(I)c1O. The summed E-state index contributed by atoms with van der Waals surface area (Å²) in [7, 11) is 2.75. The summed E-state index contributed by atoms with van der Waals surface area (Å²) in [5.41, 5.74) is 1.67. The summed E-state index contributed by atoms with van der Waals surface area (Å²) in [6.45, 7) is 0. The highest BCUT2D eigenvalue weighted by atomic mass is 127. The smallest absolute Gasteiger partial charge is 0.253 e. The monoisotopic (exact) mass is 680 g/mol. The van der Waals surface area contributed by atoms with Gasteiger partial charge in [-0.2, -0.15) is 0 Å². The van der Waals surface area contributed by atoms with Gasteiger partial charge in [0.05, 0.1) is 28.2 Å². The van der Waals surface area contributed by atoms with E-state index >= 15 is 0 Å². The van der Waals surface area contributed by atoms with E-state index in [0.717, 1.165) is 4.90 Å². The molecule has 3 fully saturated rings. The average molecular weight is 681 g/mol. The fourth-order valence-corrected chi connectivity index (χ4v) is 8.51. The number of imide groups is 2. The third-order valence-electron chi connectivity index (χ3n) is 8.63. The molecule has 39 heavy (non-hydrogen) atoms.